The van der Waals surface area contributed by atoms with Gasteiger partial charge in [-0.05, 0) is 31.9 Å². The molecular weight excluding hydrogens is 297 g/mol. The normalized spacial score (nSPS) is 18.0. The van der Waals surface area contributed by atoms with E-state index in [0.717, 1.165) is 18.7 Å². The number of hydrogen-bond donors (Lipinski definition) is 1. The van der Waals surface area contributed by atoms with Crippen molar-refractivity contribution in [3.8, 4) is 11.4 Å². The van der Waals surface area contributed by atoms with E-state index in [0.29, 0.717) is 30.2 Å². The molecule has 1 fully saturated rings. The zero-order chi connectivity index (χ0) is 16.4. The zero-order valence-corrected chi connectivity index (χ0v) is 12.9. The molecule has 120 valence electrons. The lowest BCUT2D eigenvalue weighted by Crippen LogP contribution is -2.39. The van der Waals surface area contributed by atoms with Gasteiger partial charge in [0, 0.05) is 24.8 Å². The van der Waals surface area contributed by atoms with E-state index in [2.05, 4.69) is 9.97 Å². The minimum atomic E-state index is -0.783. The van der Waals surface area contributed by atoms with Gasteiger partial charge in [-0.1, -0.05) is 12.1 Å². The number of hydrogen-bond acceptors (Lipinski definition) is 4. The third-order valence-corrected chi connectivity index (χ3v) is 4.05. The molecule has 1 aromatic carbocycles. The maximum atomic E-state index is 14.0. The molecule has 6 heteroatoms. The topological polar surface area (TPSA) is 66.3 Å². The van der Waals surface area contributed by atoms with Crippen LogP contribution >= 0.6 is 0 Å². The summed E-state index contributed by atoms with van der Waals surface area (Å²) < 4.78 is 14.0. The standard InChI is InChI=1S/C17H18FN3O2/c1-11-9-15(21-8-4-5-12(10-21)17(22)23)20-16(19-11)13-6-2-3-7-14(13)18/h2-3,6-7,9,12H,4-5,8,10H2,1H3,(H,22,23). The Labute approximate surface area is 133 Å². The first-order valence-electron chi connectivity index (χ1n) is 7.63. The van der Waals surface area contributed by atoms with Crippen molar-refractivity contribution in [3.05, 3.63) is 41.8 Å². The average molecular weight is 315 g/mol. The van der Waals surface area contributed by atoms with Crippen molar-refractivity contribution < 1.29 is 14.3 Å². The zero-order valence-electron chi connectivity index (χ0n) is 12.9. The summed E-state index contributed by atoms with van der Waals surface area (Å²) in [5.74, 6) is -0.561. The molecule has 0 amide bonds. The molecule has 1 N–H and O–H groups in total. The third kappa shape index (κ3) is 3.31. The first-order valence-corrected chi connectivity index (χ1v) is 7.63. The Bertz CT molecular complexity index is 736. The van der Waals surface area contributed by atoms with Crippen LogP contribution in [0.2, 0.25) is 0 Å². The number of carbonyl (C=O) groups is 1. The van der Waals surface area contributed by atoms with E-state index in [9.17, 15) is 14.3 Å². The van der Waals surface area contributed by atoms with Crippen LogP contribution in [-0.4, -0.2) is 34.1 Å². The van der Waals surface area contributed by atoms with Gasteiger partial charge in [-0.25, -0.2) is 14.4 Å². The van der Waals surface area contributed by atoms with Crippen molar-refractivity contribution in [2.24, 2.45) is 5.92 Å². The molecular formula is C17H18FN3O2. The number of aliphatic carboxylic acids is 1. The van der Waals surface area contributed by atoms with Gasteiger partial charge in [0.1, 0.15) is 11.6 Å². The summed E-state index contributed by atoms with van der Waals surface area (Å²) >= 11 is 0. The molecule has 0 saturated carbocycles. The second kappa shape index (κ2) is 6.32. The number of carboxylic acids is 1. The van der Waals surface area contributed by atoms with Crippen molar-refractivity contribution in [2.45, 2.75) is 19.8 Å². The Morgan fingerprint density at radius 2 is 2.13 bits per heavy atom. The average Bonchev–Trinajstić information content (AvgIpc) is 2.55. The second-order valence-corrected chi connectivity index (χ2v) is 5.79. The van der Waals surface area contributed by atoms with E-state index in [1.807, 2.05) is 17.9 Å². The molecule has 0 bridgehead atoms. The predicted octanol–water partition coefficient (Wildman–Crippen LogP) is 2.89. The predicted molar refractivity (Wildman–Crippen MR) is 84.7 cm³/mol. The molecule has 1 unspecified atom stereocenters. The smallest absolute Gasteiger partial charge is 0.308 e. The van der Waals surface area contributed by atoms with Crippen LogP contribution in [0, 0.1) is 18.7 Å². The maximum absolute atomic E-state index is 14.0. The number of nitrogens with zero attached hydrogens (tertiary/aromatic N) is 3. The largest absolute Gasteiger partial charge is 0.481 e. The van der Waals surface area contributed by atoms with Gasteiger partial charge >= 0.3 is 5.97 Å². The van der Waals surface area contributed by atoms with Crippen LogP contribution in [-0.2, 0) is 4.79 Å². The quantitative estimate of drug-likeness (QED) is 0.943. The first-order chi connectivity index (χ1) is 11.0. The lowest BCUT2D eigenvalue weighted by atomic mass is 9.98. The molecule has 1 saturated heterocycles. The second-order valence-electron chi connectivity index (χ2n) is 5.79. The summed E-state index contributed by atoms with van der Waals surface area (Å²) in [6, 6.07) is 8.20. The van der Waals surface area contributed by atoms with Gasteiger partial charge in [-0.3, -0.25) is 4.79 Å². The molecule has 2 aromatic rings. The van der Waals surface area contributed by atoms with Gasteiger partial charge in [-0.2, -0.15) is 0 Å². The number of benzene rings is 1. The molecule has 2 heterocycles. The Kier molecular flexibility index (Phi) is 4.23. The van der Waals surface area contributed by atoms with Crippen molar-refractivity contribution in [1.82, 2.24) is 9.97 Å². The van der Waals surface area contributed by atoms with Crippen molar-refractivity contribution in [3.63, 3.8) is 0 Å². The van der Waals surface area contributed by atoms with Crippen LogP contribution < -0.4 is 4.90 Å². The lowest BCUT2D eigenvalue weighted by Gasteiger charge is -2.31. The number of anilines is 1. The van der Waals surface area contributed by atoms with E-state index < -0.39 is 11.9 Å². The highest BCUT2D eigenvalue weighted by molar-refractivity contribution is 5.71. The highest BCUT2D eigenvalue weighted by Crippen LogP contribution is 2.26. The summed E-state index contributed by atoms with van der Waals surface area (Å²) in [6.07, 6.45) is 1.48. The number of aromatic nitrogens is 2. The Morgan fingerprint density at radius 3 is 2.87 bits per heavy atom. The molecule has 1 atom stereocenters. The van der Waals surface area contributed by atoms with Crippen LogP contribution in [0.4, 0.5) is 10.2 Å². The van der Waals surface area contributed by atoms with Crippen LogP contribution in [0.15, 0.2) is 30.3 Å². The fraction of sp³-hybridized carbons (Fsp3) is 0.353. The minimum absolute atomic E-state index is 0.329. The van der Waals surface area contributed by atoms with E-state index in [-0.39, 0.29) is 5.82 Å². The van der Waals surface area contributed by atoms with Gasteiger partial charge in [0.2, 0.25) is 0 Å². The van der Waals surface area contributed by atoms with Gasteiger partial charge in [0.15, 0.2) is 5.82 Å². The molecule has 5 nitrogen and oxygen atoms in total. The highest BCUT2D eigenvalue weighted by atomic mass is 19.1. The van der Waals surface area contributed by atoms with Crippen molar-refractivity contribution in [2.75, 3.05) is 18.0 Å². The SMILES string of the molecule is Cc1cc(N2CCCC(C(=O)O)C2)nc(-c2ccccc2F)n1. The highest BCUT2D eigenvalue weighted by Gasteiger charge is 2.26. The van der Waals surface area contributed by atoms with Crippen LogP contribution in [0.1, 0.15) is 18.5 Å². The van der Waals surface area contributed by atoms with Gasteiger partial charge in [-0.15, -0.1) is 0 Å². The van der Waals surface area contributed by atoms with E-state index in [1.54, 1.807) is 18.2 Å². The Balaban J connectivity index is 1.95. The van der Waals surface area contributed by atoms with Crippen LogP contribution in [0.25, 0.3) is 11.4 Å². The molecule has 0 spiro atoms. The van der Waals surface area contributed by atoms with E-state index in [4.69, 9.17) is 0 Å². The number of halogens is 1. The summed E-state index contributed by atoms with van der Waals surface area (Å²) in [6.45, 7) is 2.99. The molecule has 1 aromatic heterocycles. The minimum Gasteiger partial charge on any atom is -0.481 e. The summed E-state index contributed by atoms with van der Waals surface area (Å²) in [5.41, 5.74) is 1.08. The number of aryl methyl sites for hydroxylation is 1. The fourth-order valence-corrected chi connectivity index (χ4v) is 2.86. The number of piperidine rings is 1. The Hall–Kier alpha value is -2.50. The van der Waals surface area contributed by atoms with E-state index >= 15 is 0 Å². The molecule has 0 radical (unpaired) electrons. The third-order valence-electron chi connectivity index (χ3n) is 4.05. The molecule has 23 heavy (non-hydrogen) atoms. The van der Waals surface area contributed by atoms with E-state index in [1.165, 1.54) is 6.07 Å². The molecule has 0 aliphatic carbocycles. The monoisotopic (exact) mass is 315 g/mol. The summed E-state index contributed by atoms with van der Waals surface area (Å²) in [5, 5.41) is 9.22. The molecule has 3 rings (SSSR count). The lowest BCUT2D eigenvalue weighted by molar-refractivity contribution is -0.141. The number of rotatable bonds is 3. The van der Waals surface area contributed by atoms with Gasteiger partial charge in [0.05, 0.1) is 11.5 Å². The Morgan fingerprint density at radius 1 is 1.35 bits per heavy atom. The fourth-order valence-electron chi connectivity index (χ4n) is 2.86. The van der Waals surface area contributed by atoms with Crippen molar-refractivity contribution >= 4 is 11.8 Å². The maximum Gasteiger partial charge on any atom is 0.308 e. The summed E-state index contributed by atoms with van der Waals surface area (Å²) in [4.78, 5) is 22.0. The molecule has 1 aliphatic heterocycles. The number of carboxylic acid groups (broad SMARTS) is 1. The van der Waals surface area contributed by atoms with Crippen molar-refractivity contribution in [1.29, 1.82) is 0 Å². The van der Waals surface area contributed by atoms with Gasteiger partial charge < -0.3 is 10.0 Å². The van der Waals surface area contributed by atoms with Crippen LogP contribution in [0.3, 0.4) is 0 Å². The first kappa shape index (κ1) is 15.4. The molecule has 1 aliphatic rings. The van der Waals surface area contributed by atoms with Gasteiger partial charge in [0.25, 0.3) is 0 Å². The van der Waals surface area contributed by atoms with Crippen LogP contribution in [0.5, 0.6) is 0 Å². The summed E-state index contributed by atoms with van der Waals surface area (Å²) in [7, 11) is 0.